The van der Waals surface area contributed by atoms with E-state index in [0.717, 1.165) is 27.2 Å². The van der Waals surface area contributed by atoms with Crippen molar-refractivity contribution in [3.63, 3.8) is 0 Å². The van der Waals surface area contributed by atoms with E-state index in [9.17, 15) is 4.79 Å². The van der Waals surface area contributed by atoms with Crippen LogP contribution in [0.15, 0.2) is 41.9 Å². The first-order chi connectivity index (χ1) is 13.6. The number of amides is 1. The summed E-state index contributed by atoms with van der Waals surface area (Å²) in [7, 11) is 3.40. The summed E-state index contributed by atoms with van der Waals surface area (Å²) >= 11 is 1.58. The van der Waals surface area contributed by atoms with E-state index in [4.69, 9.17) is 9.72 Å². The number of rotatable bonds is 5. The zero-order valence-electron chi connectivity index (χ0n) is 15.8. The molecule has 142 valence electrons. The van der Waals surface area contributed by atoms with Crippen LogP contribution in [0.1, 0.15) is 21.6 Å². The van der Waals surface area contributed by atoms with E-state index in [-0.39, 0.29) is 5.91 Å². The molecule has 0 aliphatic rings. The lowest BCUT2D eigenvalue weighted by Gasteiger charge is -2.10. The monoisotopic (exact) mass is 393 g/mol. The van der Waals surface area contributed by atoms with Crippen molar-refractivity contribution in [2.45, 2.75) is 13.5 Å². The van der Waals surface area contributed by atoms with E-state index in [1.54, 1.807) is 29.3 Å². The summed E-state index contributed by atoms with van der Waals surface area (Å²) in [4.78, 5) is 23.0. The summed E-state index contributed by atoms with van der Waals surface area (Å²) in [5.41, 5.74) is 3.58. The maximum Gasteiger partial charge on any atom is 0.252 e. The van der Waals surface area contributed by atoms with Crippen LogP contribution in [0.25, 0.3) is 21.6 Å². The van der Waals surface area contributed by atoms with Gasteiger partial charge in [0.1, 0.15) is 0 Å². The summed E-state index contributed by atoms with van der Waals surface area (Å²) < 4.78 is 6.97. The average Bonchev–Trinajstić information content (AvgIpc) is 3.34. The van der Waals surface area contributed by atoms with Gasteiger partial charge in [-0.25, -0.2) is 9.97 Å². The Morgan fingerprint density at radius 2 is 2.18 bits per heavy atom. The summed E-state index contributed by atoms with van der Waals surface area (Å²) in [6.07, 6.45) is 1.66. The molecule has 0 aliphatic heterocycles. The van der Waals surface area contributed by atoms with Crippen LogP contribution in [0.3, 0.4) is 0 Å². The van der Waals surface area contributed by atoms with Gasteiger partial charge in [-0.15, -0.1) is 11.3 Å². The van der Waals surface area contributed by atoms with Crippen LogP contribution in [-0.4, -0.2) is 32.8 Å². The highest BCUT2D eigenvalue weighted by Crippen LogP contribution is 2.29. The van der Waals surface area contributed by atoms with E-state index in [1.165, 1.54) is 0 Å². The van der Waals surface area contributed by atoms with Gasteiger partial charge < -0.3 is 10.1 Å². The molecule has 0 saturated carbocycles. The minimum absolute atomic E-state index is 0.188. The van der Waals surface area contributed by atoms with Gasteiger partial charge in [-0.05, 0) is 30.5 Å². The number of hydrogen-bond donors (Lipinski definition) is 1. The minimum Gasteiger partial charge on any atom is -0.481 e. The lowest BCUT2D eigenvalue weighted by atomic mass is 10.1. The van der Waals surface area contributed by atoms with Crippen molar-refractivity contribution in [1.29, 1.82) is 0 Å². The summed E-state index contributed by atoms with van der Waals surface area (Å²) in [6, 6.07) is 9.48. The second kappa shape index (κ2) is 7.40. The second-order valence-electron chi connectivity index (χ2n) is 6.29. The molecule has 0 fully saturated rings. The summed E-state index contributed by atoms with van der Waals surface area (Å²) in [5, 5.41) is 10.2. The van der Waals surface area contributed by atoms with E-state index in [2.05, 4.69) is 15.4 Å². The molecule has 0 bridgehead atoms. The number of methoxy groups -OCH3 is 1. The molecule has 4 aromatic heterocycles. The first-order valence-electron chi connectivity index (χ1n) is 8.72. The van der Waals surface area contributed by atoms with Gasteiger partial charge in [0, 0.05) is 25.4 Å². The number of thiophene rings is 1. The lowest BCUT2D eigenvalue weighted by Crippen LogP contribution is -2.23. The fraction of sp³-hybridized carbons (Fsp3) is 0.200. The number of aromatic nitrogens is 4. The Morgan fingerprint density at radius 1 is 1.32 bits per heavy atom. The Balaban J connectivity index is 1.73. The Labute approximate surface area is 166 Å². The molecule has 4 heterocycles. The molecule has 1 N–H and O–H groups in total. The average molecular weight is 393 g/mol. The molecule has 7 nitrogen and oxygen atoms in total. The molecule has 0 saturated heterocycles. The van der Waals surface area contributed by atoms with Crippen molar-refractivity contribution < 1.29 is 9.53 Å². The quantitative estimate of drug-likeness (QED) is 0.562. The fourth-order valence-electron chi connectivity index (χ4n) is 3.19. The number of nitrogens with one attached hydrogen (secondary N) is 1. The molecular weight excluding hydrogens is 374 g/mol. The summed E-state index contributed by atoms with van der Waals surface area (Å²) in [6.45, 7) is 2.20. The minimum atomic E-state index is -0.188. The van der Waals surface area contributed by atoms with Crippen LogP contribution >= 0.6 is 11.3 Å². The normalized spacial score (nSPS) is 11.0. The van der Waals surface area contributed by atoms with E-state index in [0.29, 0.717) is 23.6 Å². The van der Waals surface area contributed by atoms with E-state index in [1.807, 2.05) is 49.7 Å². The van der Waals surface area contributed by atoms with Gasteiger partial charge in [0.15, 0.2) is 5.65 Å². The Morgan fingerprint density at radius 3 is 2.93 bits per heavy atom. The highest BCUT2D eigenvalue weighted by molar-refractivity contribution is 7.13. The molecule has 0 aliphatic carbocycles. The maximum atomic E-state index is 13.1. The zero-order valence-corrected chi connectivity index (χ0v) is 16.6. The molecule has 8 heteroatoms. The molecule has 4 aromatic rings. The number of fused-ring (bicyclic) bond motifs is 1. The van der Waals surface area contributed by atoms with Gasteiger partial charge in [-0.1, -0.05) is 12.1 Å². The highest BCUT2D eigenvalue weighted by atomic mass is 32.1. The predicted octanol–water partition coefficient (Wildman–Crippen LogP) is 3.34. The van der Waals surface area contributed by atoms with Crippen LogP contribution < -0.4 is 10.1 Å². The number of carbonyl (C=O) groups excluding carboxylic acids is 1. The van der Waals surface area contributed by atoms with Crippen LogP contribution in [0.4, 0.5) is 0 Å². The summed E-state index contributed by atoms with van der Waals surface area (Å²) in [5.74, 6) is 0.312. The fourth-order valence-corrected chi connectivity index (χ4v) is 3.87. The Hall–Kier alpha value is -3.26. The van der Waals surface area contributed by atoms with Crippen LogP contribution in [0, 0.1) is 6.92 Å². The van der Waals surface area contributed by atoms with Crippen molar-refractivity contribution in [1.82, 2.24) is 25.1 Å². The number of carbonyl (C=O) groups is 1. The Kier molecular flexibility index (Phi) is 4.79. The smallest absolute Gasteiger partial charge is 0.252 e. The SMILES string of the molecule is COc1ncccc1CNC(=O)c1cc(-c2cccs2)nc2c1c(C)nn2C. The lowest BCUT2D eigenvalue weighted by molar-refractivity contribution is 0.0952. The number of aryl methyl sites for hydroxylation is 2. The standard InChI is InChI=1S/C20H19N5O2S/c1-12-17-14(19(26)22-11-13-6-4-8-21-20(13)27-3)10-15(16-7-5-9-28-16)23-18(17)25(2)24-12/h4-10H,11H2,1-3H3,(H,22,26). The molecule has 28 heavy (non-hydrogen) atoms. The first-order valence-corrected chi connectivity index (χ1v) is 9.60. The van der Waals surface area contributed by atoms with Gasteiger partial charge in [0.2, 0.25) is 5.88 Å². The van der Waals surface area contributed by atoms with Gasteiger partial charge in [-0.2, -0.15) is 5.10 Å². The number of ether oxygens (including phenoxy) is 1. The first kappa shape index (κ1) is 18.1. The third-order valence-electron chi connectivity index (χ3n) is 4.47. The van der Waals surface area contributed by atoms with Crippen molar-refractivity contribution >= 4 is 28.3 Å². The van der Waals surface area contributed by atoms with Gasteiger partial charge >= 0.3 is 0 Å². The zero-order chi connectivity index (χ0) is 19.7. The van der Waals surface area contributed by atoms with Gasteiger partial charge in [0.05, 0.1) is 34.3 Å². The molecule has 0 atom stereocenters. The maximum absolute atomic E-state index is 13.1. The third-order valence-corrected chi connectivity index (χ3v) is 5.36. The van der Waals surface area contributed by atoms with Crippen LogP contribution in [0.5, 0.6) is 5.88 Å². The molecular formula is C20H19N5O2S. The topological polar surface area (TPSA) is 81.9 Å². The van der Waals surface area contributed by atoms with Crippen molar-refractivity contribution in [2.75, 3.05) is 7.11 Å². The van der Waals surface area contributed by atoms with Gasteiger partial charge in [0.25, 0.3) is 5.91 Å². The van der Waals surface area contributed by atoms with Crippen molar-refractivity contribution in [3.8, 4) is 16.5 Å². The van der Waals surface area contributed by atoms with Crippen LogP contribution in [-0.2, 0) is 13.6 Å². The predicted molar refractivity (Wildman–Crippen MR) is 109 cm³/mol. The molecule has 4 rings (SSSR count). The molecule has 0 unspecified atom stereocenters. The van der Waals surface area contributed by atoms with Gasteiger partial charge in [-0.3, -0.25) is 9.48 Å². The number of hydrogen-bond acceptors (Lipinski definition) is 6. The van der Waals surface area contributed by atoms with E-state index < -0.39 is 0 Å². The van der Waals surface area contributed by atoms with Crippen molar-refractivity contribution in [3.05, 3.63) is 58.7 Å². The molecule has 0 spiro atoms. The number of nitrogens with zero attached hydrogens (tertiary/aromatic N) is 4. The Bertz CT molecular complexity index is 1150. The molecule has 0 aromatic carbocycles. The second-order valence-corrected chi connectivity index (χ2v) is 7.24. The third kappa shape index (κ3) is 3.22. The highest BCUT2D eigenvalue weighted by Gasteiger charge is 2.19. The van der Waals surface area contributed by atoms with Crippen molar-refractivity contribution in [2.24, 2.45) is 7.05 Å². The van der Waals surface area contributed by atoms with Crippen LogP contribution in [0.2, 0.25) is 0 Å². The molecule has 1 amide bonds. The molecule has 0 radical (unpaired) electrons. The largest absolute Gasteiger partial charge is 0.481 e. The van der Waals surface area contributed by atoms with E-state index >= 15 is 0 Å². The number of pyridine rings is 2.